The molecule has 214 valence electrons. The van der Waals surface area contributed by atoms with E-state index in [0.29, 0.717) is 24.7 Å². The maximum Gasteiger partial charge on any atom is 0.226 e. The second-order valence-corrected chi connectivity index (χ2v) is 12.5. The Bertz CT molecular complexity index is 1200. The number of aromatic nitrogens is 1. The molecule has 0 fully saturated rings. The van der Waals surface area contributed by atoms with E-state index in [1.165, 1.54) is 5.56 Å². The van der Waals surface area contributed by atoms with Crippen LogP contribution < -0.4 is 15.4 Å². The van der Waals surface area contributed by atoms with Gasteiger partial charge in [0.15, 0.2) is 0 Å². The Morgan fingerprint density at radius 2 is 1.49 bits per heavy atom. The van der Waals surface area contributed by atoms with Gasteiger partial charge in [-0.1, -0.05) is 61.5 Å². The molecule has 3 rings (SSSR count). The number of nitrogens with zero attached hydrogens (tertiary/aromatic N) is 1. The minimum absolute atomic E-state index is 0.181. The van der Waals surface area contributed by atoms with Crippen molar-refractivity contribution in [2.24, 2.45) is 0 Å². The minimum Gasteiger partial charge on any atom is -0.507 e. The van der Waals surface area contributed by atoms with Gasteiger partial charge in [-0.2, -0.15) is 0 Å². The molecular weight excluding hydrogens is 486 g/mol. The highest BCUT2D eigenvalue weighted by atomic mass is 16.5. The smallest absolute Gasteiger partial charge is 0.226 e. The van der Waals surface area contributed by atoms with E-state index in [0.717, 1.165) is 46.8 Å². The summed E-state index contributed by atoms with van der Waals surface area (Å²) in [5, 5.41) is 18.1. The lowest BCUT2D eigenvalue weighted by atomic mass is 9.78. The van der Waals surface area contributed by atoms with Crippen molar-refractivity contribution in [2.75, 3.05) is 19.7 Å². The van der Waals surface area contributed by atoms with Crippen molar-refractivity contribution in [1.82, 2.24) is 15.6 Å². The van der Waals surface area contributed by atoms with Crippen LogP contribution in [0.3, 0.4) is 0 Å². The molecule has 6 nitrogen and oxygen atoms in total. The van der Waals surface area contributed by atoms with E-state index in [4.69, 9.17) is 14.1 Å². The number of hydrogen-bond donors (Lipinski definition) is 3. The average molecular weight is 536 g/mol. The van der Waals surface area contributed by atoms with E-state index in [9.17, 15) is 5.11 Å². The van der Waals surface area contributed by atoms with Crippen LogP contribution in [0.25, 0.3) is 11.5 Å². The van der Waals surface area contributed by atoms with E-state index in [2.05, 4.69) is 98.1 Å². The Kier molecular flexibility index (Phi) is 9.89. The average Bonchev–Trinajstić information content (AvgIpc) is 3.32. The fourth-order valence-electron chi connectivity index (χ4n) is 4.87. The number of hydrogen-bond acceptors (Lipinski definition) is 6. The van der Waals surface area contributed by atoms with Crippen molar-refractivity contribution in [3.8, 4) is 23.0 Å². The van der Waals surface area contributed by atoms with Crippen LogP contribution >= 0.6 is 0 Å². The van der Waals surface area contributed by atoms with Crippen molar-refractivity contribution in [1.29, 1.82) is 0 Å². The molecule has 0 aliphatic rings. The van der Waals surface area contributed by atoms with E-state index >= 15 is 0 Å². The van der Waals surface area contributed by atoms with Crippen molar-refractivity contribution in [3.05, 3.63) is 64.5 Å². The molecule has 6 heteroatoms. The lowest BCUT2D eigenvalue weighted by Crippen LogP contribution is -2.21. The Hall–Kier alpha value is -2.83. The topological polar surface area (TPSA) is 79.5 Å². The highest BCUT2D eigenvalue weighted by molar-refractivity contribution is 5.63. The minimum atomic E-state index is -0.217. The number of oxazole rings is 1. The molecule has 3 aromatic rings. The number of phenols is 1. The van der Waals surface area contributed by atoms with Crippen molar-refractivity contribution in [3.63, 3.8) is 0 Å². The zero-order valence-electron chi connectivity index (χ0n) is 25.7. The van der Waals surface area contributed by atoms with Gasteiger partial charge in [-0.25, -0.2) is 4.98 Å². The van der Waals surface area contributed by atoms with Crippen LogP contribution in [0, 0.1) is 0 Å². The second kappa shape index (κ2) is 12.6. The van der Waals surface area contributed by atoms with Crippen LogP contribution in [0.2, 0.25) is 0 Å². The summed E-state index contributed by atoms with van der Waals surface area (Å²) in [6.45, 7) is 23.6. The maximum atomic E-state index is 11.1. The Morgan fingerprint density at radius 1 is 0.897 bits per heavy atom. The molecule has 0 aliphatic carbocycles. The Morgan fingerprint density at radius 3 is 2.05 bits per heavy atom. The van der Waals surface area contributed by atoms with Crippen LogP contribution in [0.4, 0.5) is 0 Å². The number of aromatic hydroxyl groups is 1. The molecule has 0 saturated carbocycles. The quantitative estimate of drug-likeness (QED) is 0.235. The molecule has 2 unspecified atom stereocenters. The number of rotatable bonds is 11. The van der Waals surface area contributed by atoms with Gasteiger partial charge < -0.3 is 24.9 Å². The standard InChI is InChI=1S/C33H49N3O3/c1-11-34-21(3)23-13-14-29(26(17-23)22(4)35-12-2)38-16-15-25-20-39-31(36-25)24-18-27(32(5,6)7)30(37)28(19-24)33(8,9)10/h13-14,17-22,34-35,37H,11-12,15-16H2,1-10H3. The highest BCUT2D eigenvalue weighted by Crippen LogP contribution is 2.41. The first-order chi connectivity index (χ1) is 18.3. The predicted octanol–water partition coefficient (Wildman–Crippen LogP) is 7.60. The molecular formula is C33H49N3O3. The van der Waals surface area contributed by atoms with Gasteiger partial charge in [0.2, 0.25) is 5.89 Å². The summed E-state index contributed by atoms with van der Waals surface area (Å²) in [7, 11) is 0. The summed E-state index contributed by atoms with van der Waals surface area (Å²) in [5.41, 5.74) is 5.48. The van der Waals surface area contributed by atoms with Crippen LogP contribution in [-0.2, 0) is 17.3 Å². The largest absolute Gasteiger partial charge is 0.507 e. The molecule has 39 heavy (non-hydrogen) atoms. The third-order valence-corrected chi connectivity index (χ3v) is 7.16. The molecule has 0 saturated heterocycles. The second-order valence-electron chi connectivity index (χ2n) is 12.5. The van der Waals surface area contributed by atoms with Crippen molar-refractivity contribution in [2.45, 2.75) is 98.6 Å². The third-order valence-electron chi connectivity index (χ3n) is 7.16. The molecule has 0 bridgehead atoms. The van der Waals surface area contributed by atoms with E-state index in [-0.39, 0.29) is 22.9 Å². The fraction of sp³-hybridized carbons (Fsp3) is 0.545. The normalized spacial score (nSPS) is 13.9. The molecule has 3 N–H and O–H groups in total. The zero-order valence-corrected chi connectivity index (χ0v) is 25.7. The van der Waals surface area contributed by atoms with Crippen molar-refractivity contribution >= 4 is 0 Å². The fourth-order valence-corrected chi connectivity index (χ4v) is 4.87. The van der Waals surface area contributed by atoms with E-state index < -0.39 is 0 Å². The third kappa shape index (κ3) is 7.64. The SMILES string of the molecule is CCNC(C)c1ccc(OCCc2coc(-c3cc(C(C)(C)C)c(O)c(C(C)(C)C)c3)n2)c(C(C)NCC)c1. The van der Waals surface area contributed by atoms with Crippen molar-refractivity contribution < 1.29 is 14.3 Å². The summed E-state index contributed by atoms with van der Waals surface area (Å²) >= 11 is 0. The number of ether oxygens (including phenoxy) is 1. The molecule has 0 spiro atoms. The van der Waals surface area contributed by atoms with Crippen LogP contribution in [-0.4, -0.2) is 29.8 Å². The highest BCUT2D eigenvalue weighted by Gasteiger charge is 2.27. The van der Waals surface area contributed by atoms with Crippen LogP contribution in [0.1, 0.15) is 109 Å². The molecule has 0 aliphatic heterocycles. The van der Waals surface area contributed by atoms with Gasteiger partial charge in [0.05, 0.1) is 12.3 Å². The van der Waals surface area contributed by atoms with Gasteiger partial charge in [-0.05, 0) is 67.6 Å². The molecule has 1 heterocycles. The summed E-state index contributed by atoms with van der Waals surface area (Å²) in [4.78, 5) is 4.78. The number of benzene rings is 2. The maximum absolute atomic E-state index is 11.1. The predicted molar refractivity (Wildman–Crippen MR) is 161 cm³/mol. The zero-order chi connectivity index (χ0) is 29.0. The number of phenolic OH excluding ortho intramolecular Hbond substituents is 1. The van der Waals surface area contributed by atoms with Gasteiger partial charge in [0.25, 0.3) is 0 Å². The summed E-state index contributed by atoms with van der Waals surface area (Å²) in [6.07, 6.45) is 2.34. The van der Waals surface area contributed by atoms with Gasteiger partial charge in [0.1, 0.15) is 17.8 Å². The van der Waals surface area contributed by atoms with Gasteiger partial charge in [-0.15, -0.1) is 0 Å². The van der Waals surface area contributed by atoms with E-state index in [1.54, 1.807) is 6.26 Å². The Balaban J connectivity index is 1.80. The molecule has 2 aromatic carbocycles. The first-order valence-electron chi connectivity index (χ1n) is 14.3. The molecule has 0 radical (unpaired) electrons. The molecule has 0 amide bonds. The van der Waals surface area contributed by atoms with Gasteiger partial charge in [-0.3, -0.25) is 0 Å². The number of nitrogens with one attached hydrogen (secondary N) is 2. The monoisotopic (exact) mass is 535 g/mol. The summed E-state index contributed by atoms with van der Waals surface area (Å²) < 4.78 is 12.2. The van der Waals surface area contributed by atoms with E-state index in [1.807, 2.05) is 12.1 Å². The van der Waals surface area contributed by atoms with Crippen LogP contribution in [0.15, 0.2) is 41.0 Å². The first-order valence-corrected chi connectivity index (χ1v) is 14.3. The van der Waals surface area contributed by atoms with Gasteiger partial charge in [0, 0.05) is 40.8 Å². The summed E-state index contributed by atoms with van der Waals surface area (Å²) in [6, 6.07) is 10.9. The Labute approximate surface area is 235 Å². The van der Waals surface area contributed by atoms with Gasteiger partial charge >= 0.3 is 0 Å². The molecule has 2 atom stereocenters. The lowest BCUT2D eigenvalue weighted by molar-refractivity contribution is 0.313. The summed E-state index contributed by atoms with van der Waals surface area (Å²) in [5.74, 6) is 1.81. The molecule has 1 aromatic heterocycles. The lowest BCUT2D eigenvalue weighted by Gasteiger charge is -2.27. The van der Waals surface area contributed by atoms with Crippen LogP contribution in [0.5, 0.6) is 11.5 Å². The first kappa shape index (κ1) is 30.7.